The molecule has 0 bridgehead atoms. The van der Waals surface area contributed by atoms with Crippen LogP contribution in [0.25, 0.3) is 0 Å². The minimum absolute atomic E-state index is 0.0778. The van der Waals surface area contributed by atoms with Crippen LogP contribution in [0.5, 0.6) is 0 Å². The first-order valence-electron chi connectivity index (χ1n) is 6.99. The molecule has 1 aromatic rings. The fourth-order valence-corrected chi connectivity index (χ4v) is 2.60. The Bertz CT molecular complexity index is 546. The van der Waals surface area contributed by atoms with Gasteiger partial charge in [-0.1, -0.05) is 5.92 Å². The van der Waals surface area contributed by atoms with Crippen molar-refractivity contribution in [1.29, 1.82) is 0 Å². The highest BCUT2D eigenvalue weighted by atomic mass is 16.2. The molecule has 1 saturated heterocycles. The summed E-state index contributed by atoms with van der Waals surface area (Å²) in [6, 6.07) is 0. The lowest BCUT2D eigenvalue weighted by molar-refractivity contribution is 0.0647. The van der Waals surface area contributed by atoms with Crippen LogP contribution in [-0.2, 0) is 0 Å². The van der Waals surface area contributed by atoms with Gasteiger partial charge in [-0.05, 0) is 12.8 Å². The molecule has 3 rings (SSSR count). The summed E-state index contributed by atoms with van der Waals surface area (Å²) in [7, 11) is 0. The molecule has 1 aliphatic heterocycles. The van der Waals surface area contributed by atoms with E-state index in [1.807, 2.05) is 0 Å². The van der Waals surface area contributed by atoms with Crippen molar-refractivity contribution >= 4 is 11.6 Å². The topological polar surface area (TPSA) is 78.2 Å². The van der Waals surface area contributed by atoms with Gasteiger partial charge in [-0.15, -0.1) is 6.42 Å². The Kier molecular flexibility index (Phi) is 3.36. The normalized spacial score (nSPS) is 19.9. The number of nitrogens with one attached hydrogen (secondary N) is 1. The van der Waals surface area contributed by atoms with E-state index in [1.165, 1.54) is 0 Å². The van der Waals surface area contributed by atoms with Gasteiger partial charge in [0.1, 0.15) is 0 Å². The van der Waals surface area contributed by atoms with Crippen LogP contribution in [0, 0.1) is 12.3 Å². The van der Waals surface area contributed by atoms with Crippen molar-refractivity contribution in [3.05, 3.63) is 11.4 Å². The number of anilines is 1. The minimum atomic E-state index is -0.0778. The molecular formula is C14H19N5O. The average Bonchev–Trinajstić information content (AvgIpc) is 3.23. The Morgan fingerprint density at radius 3 is 2.70 bits per heavy atom. The first-order valence-corrected chi connectivity index (χ1v) is 6.99. The number of nitrogens with zero attached hydrogens (tertiary/aromatic N) is 3. The lowest BCUT2D eigenvalue weighted by Crippen LogP contribution is -2.48. The lowest BCUT2D eigenvalue weighted by Gasteiger charge is -2.33. The van der Waals surface area contributed by atoms with Gasteiger partial charge in [-0.3, -0.25) is 14.8 Å². The summed E-state index contributed by atoms with van der Waals surface area (Å²) in [5.41, 5.74) is 7.88. The smallest absolute Gasteiger partial charge is 0.276 e. The molecule has 0 atom stereocenters. The van der Waals surface area contributed by atoms with E-state index in [-0.39, 0.29) is 5.91 Å². The van der Waals surface area contributed by atoms with E-state index in [2.05, 4.69) is 21.0 Å². The summed E-state index contributed by atoms with van der Waals surface area (Å²) >= 11 is 0. The number of piperazine rings is 1. The Balaban J connectivity index is 1.66. The standard InChI is InChI=1S/C14H19N5O/c1-2-5-18-6-8-19(9-7-18)14(20)13-11(15)12(16-17-13)10-3-4-10/h1,10H,3-9,15H2,(H,16,17). The van der Waals surface area contributed by atoms with Gasteiger partial charge >= 0.3 is 0 Å². The Labute approximate surface area is 118 Å². The molecule has 0 aromatic carbocycles. The van der Waals surface area contributed by atoms with Gasteiger partial charge in [0.25, 0.3) is 5.91 Å². The summed E-state index contributed by atoms with van der Waals surface area (Å²) in [4.78, 5) is 16.4. The number of nitrogens with two attached hydrogens (primary N) is 1. The van der Waals surface area contributed by atoms with E-state index >= 15 is 0 Å². The minimum Gasteiger partial charge on any atom is -0.395 e. The second-order valence-corrected chi connectivity index (χ2v) is 5.45. The van der Waals surface area contributed by atoms with Crippen molar-refractivity contribution in [1.82, 2.24) is 20.0 Å². The molecule has 3 N–H and O–H groups in total. The quantitative estimate of drug-likeness (QED) is 0.774. The third-order valence-electron chi connectivity index (χ3n) is 4.00. The summed E-state index contributed by atoms with van der Waals surface area (Å²) in [5, 5.41) is 7.05. The molecule has 2 heterocycles. The van der Waals surface area contributed by atoms with E-state index in [0.717, 1.165) is 31.6 Å². The number of carbonyl (C=O) groups excluding carboxylic acids is 1. The van der Waals surface area contributed by atoms with Crippen molar-refractivity contribution in [2.45, 2.75) is 18.8 Å². The maximum Gasteiger partial charge on any atom is 0.276 e. The Morgan fingerprint density at radius 2 is 2.10 bits per heavy atom. The molecule has 0 spiro atoms. The van der Waals surface area contributed by atoms with Crippen LogP contribution in [0.15, 0.2) is 0 Å². The largest absolute Gasteiger partial charge is 0.395 e. The summed E-state index contributed by atoms with van der Waals surface area (Å²) in [6.45, 7) is 3.58. The third-order valence-corrected chi connectivity index (χ3v) is 4.00. The lowest BCUT2D eigenvalue weighted by atomic mass is 10.2. The molecule has 106 valence electrons. The monoisotopic (exact) mass is 273 g/mol. The number of nitrogen functional groups attached to an aromatic ring is 1. The number of rotatable bonds is 3. The van der Waals surface area contributed by atoms with Crippen molar-refractivity contribution < 1.29 is 4.79 Å². The van der Waals surface area contributed by atoms with Crippen molar-refractivity contribution in [3.63, 3.8) is 0 Å². The fourth-order valence-electron chi connectivity index (χ4n) is 2.60. The van der Waals surface area contributed by atoms with Crippen molar-refractivity contribution in [2.75, 3.05) is 38.5 Å². The van der Waals surface area contributed by atoms with Crippen LogP contribution >= 0.6 is 0 Å². The van der Waals surface area contributed by atoms with Crippen LogP contribution in [0.1, 0.15) is 34.9 Å². The number of amides is 1. The zero-order valence-corrected chi connectivity index (χ0v) is 11.4. The van der Waals surface area contributed by atoms with Crippen molar-refractivity contribution in [3.8, 4) is 12.3 Å². The van der Waals surface area contributed by atoms with Gasteiger partial charge in [0, 0.05) is 32.1 Å². The number of hydrogen-bond acceptors (Lipinski definition) is 4. The van der Waals surface area contributed by atoms with E-state index in [1.54, 1.807) is 4.90 Å². The van der Waals surface area contributed by atoms with Crippen LogP contribution in [0.3, 0.4) is 0 Å². The molecule has 1 aromatic heterocycles. The van der Waals surface area contributed by atoms with Crippen molar-refractivity contribution in [2.24, 2.45) is 0 Å². The second kappa shape index (κ2) is 5.17. The number of aromatic amines is 1. The predicted octanol–water partition coefficient (Wildman–Crippen LogP) is 0.260. The fraction of sp³-hybridized carbons (Fsp3) is 0.571. The summed E-state index contributed by atoms with van der Waals surface area (Å²) in [6.07, 6.45) is 7.56. The molecule has 20 heavy (non-hydrogen) atoms. The first kappa shape index (κ1) is 13.0. The molecular weight excluding hydrogens is 254 g/mol. The first-order chi connectivity index (χ1) is 9.70. The van der Waals surface area contributed by atoms with Gasteiger partial charge in [0.05, 0.1) is 17.9 Å². The van der Waals surface area contributed by atoms with Crippen LogP contribution in [-0.4, -0.2) is 58.6 Å². The second-order valence-electron chi connectivity index (χ2n) is 5.45. The molecule has 2 aliphatic rings. The molecule has 0 radical (unpaired) electrons. The zero-order chi connectivity index (χ0) is 14.1. The summed E-state index contributed by atoms with van der Waals surface area (Å²) < 4.78 is 0. The van der Waals surface area contributed by atoms with E-state index in [4.69, 9.17) is 12.2 Å². The van der Waals surface area contributed by atoms with Gasteiger partial charge in [0.2, 0.25) is 0 Å². The zero-order valence-electron chi connectivity index (χ0n) is 11.4. The maximum absolute atomic E-state index is 12.4. The number of carbonyl (C=O) groups is 1. The number of H-pyrrole nitrogens is 1. The van der Waals surface area contributed by atoms with E-state index in [9.17, 15) is 4.79 Å². The van der Waals surface area contributed by atoms with Crippen LogP contribution in [0.4, 0.5) is 5.69 Å². The third kappa shape index (κ3) is 2.37. The molecule has 0 unspecified atom stereocenters. The maximum atomic E-state index is 12.4. The van der Waals surface area contributed by atoms with E-state index < -0.39 is 0 Å². The van der Waals surface area contributed by atoms with Gasteiger partial charge < -0.3 is 10.6 Å². The highest BCUT2D eigenvalue weighted by Crippen LogP contribution is 2.42. The predicted molar refractivity (Wildman–Crippen MR) is 76.2 cm³/mol. The highest BCUT2D eigenvalue weighted by molar-refractivity contribution is 5.97. The molecule has 1 saturated carbocycles. The number of aromatic nitrogens is 2. The van der Waals surface area contributed by atoms with Gasteiger partial charge in [-0.25, -0.2) is 0 Å². The Morgan fingerprint density at radius 1 is 1.40 bits per heavy atom. The average molecular weight is 273 g/mol. The van der Waals surface area contributed by atoms with Gasteiger partial charge in [-0.2, -0.15) is 5.10 Å². The molecule has 6 heteroatoms. The summed E-state index contributed by atoms with van der Waals surface area (Å²) in [5.74, 6) is 3.02. The Hall–Kier alpha value is -2.00. The molecule has 2 fully saturated rings. The highest BCUT2D eigenvalue weighted by Gasteiger charge is 2.32. The molecule has 6 nitrogen and oxygen atoms in total. The number of terminal acetylenes is 1. The van der Waals surface area contributed by atoms with Gasteiger partial charge in [0.15, 0.2) is 5.69 Å². The molecule has 1 aliphatic carbocycles. The number of hydrogen-bond donors (Lipinski definition) is 2. The van der Waals surface area contributed by atoms with Crippen LogP contribution in [0.2, 0.25) is 0 Å². The molecule has 1 amide bonds. The SMILES string of the molecule is C#CCN1CCN(C(=O)c2n[nH]c(C3CC3)c2N)CC1. The van der Waals surface area contributed by atoms with Crippen LogP contribution < -0.4 is 5.73 Å². The van der Waals surface area contributed by atoms with E-state index in [0.29, 0.717) is 36.9 Å².